The molecule has 5 nitrogen and oxygen atoms in total. The van der Waals surface area contributed by atoms with E-state index in [1.54, 1.807) is 0 Å². The molecule has 0 unspecified atom stereocenters. The van der Waals surface area contributed by atoms with Gasteiger partial charge in [0.15, 0.2) is 0 Å². The maximum atomic E-state index is 5.57. The van der Waals surface area contributed by atoms with Crippen molar-refractivity contribution in [3.05, 3.63) is 17.6 Å². The maximum Gasteiger partial charge on any atom is 0.132 e. The molecule has 1 aliphatic rings. The maximum absolute atomic E-state index is 5.57. The number of nitrogens with zero attached hydrogens (tertiary/aromatic N) is 4. The molecule has 2 rings (SSSR count). The Bertz CT molecular complexity index is 351. The van der Waals surface area contributed by atoms with E-state index in [-0.39, 0.29) is 0 Å². The van der Waals surface area contributed by atoms with Gasteiger partial charge < -0.3 is 10.6 Å². The zero-order chi connectivity index (χ0) is 12.3. The summed E-state index contributed by atoms with van der Waals surface area (Å²) in [5.41, 5.74) is 6.61. The van der Waals surface area contributed by atoms with Crippen molar-refractivity contribution in [1.82, 2.24) is 14.9 Å². The van der Waals surface area contributed by atoms with Crippen molar-refractivity contribution in [3.63, 3.8) is 0 Å². The van der Waals surface area contributed by atoms with E-state index in [1.807, 2.05) is 13.8 Å². The molecule has 0 amide bonds. The second-order valence-electron chi connectivity index (χ2n) is 4.53. The van der Waals surface area contributed by atoms with Crippen LogP contribution in [-0.2, 0) is 0 Å². The van der Waals surface area contributed by atoms with Gasteiger partial charge in [0.05, 0.1) is 0 Å². The highest BCUT2D eigenvalue weighted by atomic mass is 15.3. The van der Waals surface area contributed by atoms with Crippen molar-refractivity contribution in [1.29, 1.82) is 0 Å². The third-order valence-corrected chi connectivity index (χ3v) is 3.09. The highest BCUT2D eigenvalue weighted by molar-refractivity contribution is 5.40. The third-order valence-electron chi connectivity index (χ3n) is 3.09. The number of piperazine rings is 1. The van der Waals surface area contributed by atoms with E-state index in [1.165, 1.54) is 0 Å². The first-order valence-electron chi connectivity index (χ1n) is 6.18. The van der Waals surface area contributed by atoms with Crippen LogP contribution in [0.2, 0.25) is 0 Å². The molecule has 0 aliphatic carbocycles. The summed E-state index contributed by atoms with van der Waals surface area (Å²) in [5, 5.41) is 0. The Kier molecular flexibility index (Phi) is 3.91. The van der Waals surface area contributed by atoms with Crippen molar-refractivity contribution in [3.8, 4) is 0 Å². The molecule has 1 aromatic heterocycles. The third kappa shape index (κ3) is 3.14. The first kappa shape index (κ1) is 12.3. The lowest BCUT2D eigenvalue weighted by Crippen LogP contribution is -2.48. The second kappa shape index (κ2) is 5.42. The zero-order valence-corrected chi connectivity index (χ0v) is 10.7. The van der Waals surface area contributed by atoms with E-state index in [4.69, 9.17) is 5.73 Å². The van der Waals surface area contributed by atoms with Gasteiger partial charge in [0, 0.05) is 51.0 Å². The van der Waals surface area contributed by atoms with E-state index in [0.717, 1.165) is 56.6 Å². The predicted octanol–water partition coefficient (Wildman–Crippen LogP) is 0.174. The molecule has 1 saturated heterocycles. The number of aryl methyl sites for hydroxylation is 2. The Hall–Kier alpha value is -1.20. The topological polar surface area (TPSA) is 58.3 Å². The van der Waals surface area contributed by atoms with E-state index in [2.05, 4.69) is 25.8 Å². The molecule has 1 fully saturated rings. The standard InChI is InChI=1S/C12H21N5/c1-10-9-12(15-11(2)14-10)17-7-5-16(4-3-13)6-8-17/h9H,3-8,13H2,1-2H3. The van der Waals surface area contributed by atoms with Crippen LogP contribution < -0.4 is 10.6 Å². The van der Waals surface area contributed by atoms with Gasteiger partial charge in [0.1, 0.15) is 11.6 Å². The van der Waals surface area contributed by atoms with Crippen LogP contribution in [0.15, 0.2) is 6.07 Å². The summed E-state index contributed by atoms with van der Waals surface area (Å²) in [5.74, 6) is 1.91. The van der Waals surface area contributed by atoms with Gasteiger partial charge in [-0.05, 0) is 13.8 Å². The highest BCUT2D eigenvalue weighted by Gasteiger charge is 2.17. The summed E-state index contributed by atoms with van der Waals surface area (Å²) in [6.45, 7) is 9.88. The Morgan fingerprint density at radius 3 is 2.47 bits per heavy atom. The average Bonchev–Trinajstić information content (AvgIpc) is 2.29. The molecule has 0 atom stereocenters. The molecule has 17 heavy (non-hydrogen) atoms. The van der Waals surface area contributed by atoms with Crippen molar-refractivity contribution in [2.45, 2.75) is 13.8 Å². The molecule has 1 aromatic rings. The molecule has 0 bridgehead atoms. The van der Waals surface area contributed by atoms with E-state index < -0.39 is 0 Å². The van der Waals surface area contributed by atoms with E-state index in [9.17, 15) is 0 Å². The fourth-order valence-electron chi connectivity index (χ4n) is 2.24. The number of rotatable bonds is 3. The Balaban J connectivity index is 2.00. The largest absolute Gasteiger partial charge is 0.354 e. The molecular weight excluding hydrogens is 214 g/mol. The summed E-state index contributed by atoms with van der Waals surface area (Å²) in [6, 6.07) is 2.06. The molecule has 1 aliphatic heterocycles. The molecule has 2 N–H and O–H groups in total. The van der Waals surface area contributed by atoms with Crippen molar-refractivity contribution in [2.75, 3.05) is 44.2 Å². The molecule has 2 heterocycles. The zero-order valence-electron chi connectivity index (χ0n) is 10.7. The van der Waals surface area contributed by atoms with Gasteiger partial charge in [0.2, 0.25) is 0 Å². The fourth-order valence-corrected chi connectivity index (χ4v) is 2.24. The van der Waals surface area contributed by atoms with Crippen LogP contribution >= 0.6 is 0 Å². The van der Waals surface area contributed by atoms with Gasteiger partial charge in [0.25, 0.3) is 0 Å². The SMILES string of the molecule is Cc1cc(N2CCN(CCN)CC2)nc(C)n1. The van der Waals surface area contributed by atoms with Crippen LogP contribution in [0, 0.1) is 13.8 Å². The second-order valence-corrected chi connectivity index (χ2v) is 4.53. The minimum atomic E-state index is 0.742. The molecular formula is C12H21N5. The number of hydrogen-bond donors (Lipinski definition) is 1. The Morgan fingerprint density at radius 2 is 1.88 bits per heavy atom. The van der Waals surface area contributed by atoms with Crippen molar-refractivity contribution >= 4 is 5.82 Å². The quantitative estimate of drug-likeness (QED) is 0.809. The van der Waals surface area contributed by atoms with Crippen LogP contribution in [0.4, 0.5) is 5.82 Å². The fraction of sp³-hybridized carbons (Fsp3) is 0.667. The van der Waals surface area contributed by atoms with Crippen LogP contribution in [-0.4, -0.2) is 54.1 Å². The minimum Gasteiger partial charge on any atom is -0.354 e. The molecule has 0 radical (unpaired) electrons. The molecule has 0 spiro atoms. The van der Waals surface area contributed by atoms with Gasteiger partial charge in [-0.15, -0.1) is 0 Å². The number of aromatic nitrogens is 2. The number of nitrogens with two attached hydrogens (primary N) is 1. The first-order valence-corrected chi connectivity index (χ1v) is 6.18. The van der Waals surface area contributed by atoms with E-state index >= 15 is 0 Å². The van der Waals surface area contributed by atoms with Gasteiger partial charge in [-0.3, -0.25) is 4.90 Å². The normalized spacial score (nSPS) is 17.5. The Morgan fingerprint density at radius 1 is 1.18 bits per heavy atom. The van der Waals surface area contributed by atoms with Crippen LogP contribution in [0.3, 0.4) is 0 Å². The van der Waals surface area contributed by atoms with Gasteiger partial charge in [-0.25, -0.2) is 9.97 Å². The number of hydrogen-bond acceptors (Lipinski definition) is 5. The van der Waals surface area contributed by atoms with Crippen LogP contribution in [0.25, 0.3) is 0 Å². The smallest absolute Gasteiger partial charge is 0.132 e. The molecule has 94 valence electrons. The summed E-state index contributed by atoms with van der Waals surface area (Å²) in [7, 11) is 0. The van der Waals surface area contributed by atoms with Crippen LogP contribution in [0.1, 0.15) is 11.5 Å². The summed E-state index contributed by atoms with van der Waals surface area (Å²) < 4.78 is 0. The minimum absolute atomic E-state index is 0.742. The van der Waals surface area contributed by atoms with E-state index in [0.29, 0.717) is 0 Å². The summed E-state index contributed by atoms with van der Waals surface area (Å²) >= 11 is 0. The molecule has 0 saturated carbocycles. The molecule has 0 aromatic carbocycles. The van der Waals surface area contributed by atoms with Gasteiger partial charge in [-0.2, -0.15) is 0 Å². The average molecular weight is 235 g/mol. The highest BCUT2D eigenvalue weighted by Crippen LogP contribution is 2.14. The lowest BCUT2D eigenvalue weighted by atomic mass is 10.3. The monoisotopic (exact) mass is 235 g/mol. The van der Waals surface area contributed by atoms with Gasteiger partial charge >= 0.3 is 0 Å². The van der Waals surface area contributed by atoms with Crippen LogP contribution in [0.5, 0.6) is 0 Å². The predicted molar refractivity (Wildman–Crippen MR) is 69.2 cm³/mol. The lowest BCUT2D eigenvalue weighted by molar-refractivity contribution is 0.264. The Labute approximate surface area is 103 Å². The van der Waals surface area contributed by atoms with Crippen molar-refractivity contribution < 1.29 is 0 Å². The number of anilines is 1. The first-order chi connectivity index (χ1) is 8.19. The molecule has 5 heteroatoms. The summed E-state index contributed by atoms with van der Waals surface area (Å²) in [4.78, 5) is 13.5. The summed E-state index contributed by atoms with van der Waals surface area (Å²) in [6.07, 6.45) is 0. The van der Waals surface area contributed by atoms with Crippen molar-refractivity contribution in [2.24, 2.45) is 5.73 Å². The van der Waals surface area contributed by atoms with Gasteiger partial charge in [-0.1, -0.05) is 0 Å². The lowest BCUT2D eigenvalue weighted by Gasteiger charge is -2.35.